The molecule has 0 heterocycles. The van der Waals surface area contributed by atoms with Crippen molar-refractivity contribution in [2.75, 3.05) is 38.1 Å². The normalized spacial score (nSPS) is 10.8. The number of Topliss-reactive ketones (excluding diaryl/α,β-unsaturated/α-hetero) is 1. The lowest BCUT2D eigenvalue weighted by molar-refractivity contribution is 0.101. The highest BCUT2D eigenvalue weighted by Gasteiger charge is 2.05. The molecule has 0 aromatic heterocycles. The van der Waals surface area contributed by atoms with E-state index in [4.69, 9.17) is 4.74 Å². The number of nitrogens with one attached hydrogen (secondary N) is 1. The van der Waals surface area contributed by atoms with Crippen LogP contribution in [0.4, 0.5) is 5.69 Å². The SMILES string of the molecule is CCN(CC)CCCOc1ccc(NCC(=O)c2ccc(Br)cc2)cc1. The lowest BCUT2D eigenvalue weighted by Gasteiger charge is -2.17. The van der Waals surface area contributed by atoms with Crippen molar-refractivity contribution in [2.24, 2.45) is 0 Å². The Morgan fingerprint density at radius 2 is 1.69 bits per heavy atom. The molecule has 0 aliphatic rings. The van der Waals surface area contributed by atoms with Crippen molar-refractivity contribution in [3.63, 3.8) is 0 Å². The molecule has 0 aliphatic carbocycles. The van der Waals surface area contributed by atoms with Gasteiger partial charge in [0.25, 0.3) is 0 Å². The first-order valence-corrected chi connectivity index (χ1v) is 9.89. The molecule has 0 atom stereocenters. The molecule has 5 heteroatoms. The fourth-order valence-electron chi connectivity index (χ4n) is 2.61. The van der Waals surface area contributed by atoms with Gasteiger partial charge in [0, 0.05) is 22.3 Å². The zero-order chi connectivity index (χ0) is 18.8. The van der Waals surface area contributed by atoms with Crippen molar-refractivity contribution in [2.45, 2.75) is 20.3 Å². The molecule has 0 spiro atoms. The molecule has 2 rings (SSSR count). The summed E-state index contributed by atoms with van der Waals surface area (Å²) in [5.74, 6) is 0.920. The molecule has 0 saturated heterocycles. The van der Waals surface area contributed by atoms with Crippen LogP contribution in [0.5, 0.6) is 5.75 Å². The summed E-state index contributed by atoms with van der Waals surface area (Å²) in [4.78, 5) is 14.6. The second-order valence-corrected chi connectivity index (χ2v) is 6.95. The molecule has 2 aromatic carbocycles. The minimum absolute atomic E-state index is 0.0641. The number of halogens is 1. The van der Waals surface area contributed by atoms with Gasteiger partial charge in [-0.05, 0) is 55.9 Å². The third-order valence-electron chi connectivity index (χ3n) is 4.26. The number of nitrogens with zero attached hydrogens (tertiary/aromatic N) is 1. The first kappa shape index (κ1) is 20.5. The molecule has 4 nitrogen and oxygen atoms in total. The van der Waals surface area contributed by atoms with Crippen molar-refractivity contribution in [1.82, 2.24) is 4.90 Å². The van der Waals surface area contributed by atoms with Crippen LogP contribution in [0.1, 0.15) is 30.6 Å². The first-order chi connectivity index (χ1) is 12.6. The first-order valence-electron chi connectivity index (χ1n) is 9.10. The largest absolute Gasteiger partial charge is 0.494 e. The standard InChI is InChI=1S/C21H27BrN2O2/c1-3-24(4-2)14-5-15-26-20-12-10-19(11-13-20)23-16-21(25)17-6-8-18(22)9-7-17/h6-13,23H,3-5,14-16H2,1-2H3. The zero-order valence-corrected chi connectivity index (χ0v) is 17.1. The molecule has 0 amide bonds. The van der Waals surface area contributed by atoms with Crippen LogP contribution in [-0.2, 0) is 0 Å². The van der Waals surface area contributed by atoms with Gasteiger partial charge in [-0.25, -0.2) is 0 Å². The number of benzene rings is 2. The molecule has 26 heavy (non-hydrogen) atoms. The number of carbonyl (C=O) groups excluding carboxylic acids is 1. The van der Waals surface area contributed by atoms with E-state index in [0.717, 1.165) is 42.0 Å². The number of rotatable bonds is 11. The Labute approximate surface area is 164 Å². The number of ether oxygens (including phenoxy) is 1. The maximum atomic E-state index is 12.2. The average Bonchev–Trinajstić information content (AvgIpc) is 2.67. The number of carbonyl (C=O) groups is 1. The van der Waals surface area contributed by atoms with Gasteiger partial charge in [0.05, 0.1) is 13.2 Å². The molecular weight excluding hydrogens is 392 g/mol. The average molecular weight is 419 g/mol. The van der Waals surface area contributed by atoms with Crippen LogP contribution in [0.3, 0.4) is 0 Å². The highest BCUT2D eigenvalue weighted by Crippen LogP contribution is 2.16. The van der Waals surface area contributed by atoms with Crippen LogP contribution >= 0.6 is 15.9 Å². The van der Waals surface area contributed by atoms with Crippen molar-refractivity contribution in [1.29, 1.82) is 0 Å². The summed E-state index contributed by atoms with van der Waals surface area (Å²) in [6.45, 7) is 8.56. The van der Waals surface area contributed by atoms with Crippen molar-refractivity contribution in [3.8, 4) is 5.75 Å². The van der Waals surface area contributed by atoms with Gasteiger partial charge in [0.1, 0.15) is 5.75 Å². The highest BCUT2D eigenvalue weighted by molar-refractivity contribution is 9.10. The summed E-state index contributed by atoms with van der Waals surface area (Å²) in [5, 5.41) is 3.16. The van der Waals surface area contributed by atoms with E-state index < -0.39 is 0 Å². The van der Waals surface area contributed by atoms with Gasteiger partial charge in [-0.15, -0.1) is 0 Å². The summed E-state index contributed by atoms with van der Waals surface area (Å²) < 4.78 is 6.75. The predicted molar refractivity (Wildman–Crippen MR) is 111 cm³/mol. The molecule has 0 fully saturated rings. The Morgan fingerprint density at radius 1 is 1.04 bits per heavy atom. The monoisotopic (exact) mass is 418 g/mol. The third-order valence-corrected chi connectivity index (χ3v) is 4.78. The van der Waals surface area contributed by atoms with E-state index in [1.165, 1.54) is 0 Å². The summed E-state index contributed by atoms with van der Waals surface area (Å²) >= 11 is 3.37. The van der Waals surface area contributed by atoms with E-state index in [0.29, 0.717) is 12.2 Å². The number of ketones is 1. The van der Waals surface area contributed by atoms with E-state index in [1.54, 1.807) is 0 Å². The number of hydrogen-bond acceptors (Lipinski definition) is 4. The molecule has 0 unspecified atom stereocenters. The quantitative estimate of drug-likeness (QED) is 0.418. The molecule has 0 saturated carbocycles. The van der Waals surface area contributed by atoms with Crippen molar-refractivity contribution in [3.05, 3.63) is 58.6 Å². The predicted octanol–water partition coefficient (Wildman–Crippen LogP) is 4.85. The molecule has 0 radical (unpaired) electrons. The summed E-state index contributed by atoms with van der Waals surface area (Å²) in [7, 11) is 0. The summed E-state index contributed by atoms with van der Waals surface area (Å²) in [5.41, 5.74) is 1.61. The topological polar surface area (TPSA) is 41.6 Å². The maximum Gasteiger partial charge on any atom is 0.181 e. The van der Waals surface area contributed by atoms with Gasteiger partial charge in [-0.2, -0.15) is 0 Å². The van der Waals surface area contributed by atoms with Gasteiger partial charge in [0.2, 0.25) is 0 Å². The second-order valence-electron chi connectivity index (χ2n) is 6.04. The van der Waals surface area contributed by atoms with Crippen LogP contribution in [0.15, 0.2) is 53.0 Å². The molecular formula is C21H27BrN2O2. The van der Waals surface area contributed by atoms with Crippen LogP contribution in [0.2, 0.25) is 0 Å². The fourth-order valence-corrected chi connectivity index (χ4v) is 2.87. The van der Waals surface area contributed by atoms with Crippen LogP contribution < -0.4 is 10.1 Å². The number of anilines is 1. The van der Waals surface area contributed by atoms with E-state index in [1.807, 2.05) is 48.5 Å². The van der Waals surface area contributed by atoms with Gasteiger partial charge in [-0.3, -0.25) is 4.79 Å². The Balaban J connectivity index is 1.73. The molecule has 140 valence electrons. The van der Waals surface area contributed by atoms with Gasteiger partial charge < -0.3 is 15.0 Å². The molecule has 2 aromatic rings. The Kier molecular flexibility index (Phi) is 8.65. The smallest absolute Gasteiger partial charge is 0.181 e. The van der Waals surface area contributed by atoms with E-state index in [-0.39, 0.29) is 12.3 Å². The van der Waals surface area contributed by atoms with Crippen LogP contribution in [0, 0.1) is 0 Å². The summed E-state index contributed by atoms with van der Waals surface area (Å²) in [6, 6.07) is 15.1. The highest BCUT2D eigenvalue weighted by atomic mass is 79.9. The van der Waals surface area contributed by atoms with Gasteiger partial charge in [0.15, 0.2) is 5.78 Å². The van der Waals surface area contributed by atoms with Crippen LogP contribution in [-0.4, -0.2) is 43.5 Å². The lowest BCUT2D eigenvalue weighted by Crippen LogP contribution is -2.25. The zero-order valence-electron chi connectivity index (χ0n) is 15.5. The minimum atomic E-state index is 0.0641. The molecule has 0 aliphatic heterocycles. The second kappa shape index (κ2) is 11.0. The van der Waals surface area contributed by atoms with Crippen molar-refractivity contribution >= 4 is 27.4 Å². The maximum absolute atomic E-state index is 12.2. The van der Waals surface area contributed by atoms with E-state index in [9.17, 15) is 4.79 Å². The molecule has 0 bridgehead atoms. The van der Waals surface area contributed by atoms with E-state index in [2.05, 4.69) is 40.0 Å². The molecule has 1 N–H and O–H groups in total. The Hall–Kier alpha value is -1.85. The van der Waals surface area contributed by atoms with Crippen molar-refractivity contribution < 1.29 is 9.53 Å². The van der Waals surface area contributed by atoms with Crippen LogP contribution in [0.25, 0.3) is 0 Å². The van der Waals surface area contributed by atoms with Gasteiger partial charge in [-0.1, -0.05) is 41.9 Å². The third kappa shape index (κ3) is 6.81. The lowest BCUT2D eigenvalue weighted by atomic mass is 10.1. The number of hydrogen-bond donors (Lipinski definition) is 1. The fraction of sp³-hybridized carbons (Fsp3) is 0.381. The Morgan fingerprint density at radius 3 is 2.31 bits per heavy atom. The Bertz CT molecular complexity index is 667. The van der Waals surface area contributed by atoms with E-state index >= 15 is 0 Å². The van der Waals surface area contributed by atoms with Gasteiger partial charge >= 0.3 is 0 Å². The minimum Gasteiger partial charge on any atom is -0.494 e. The summed E-state index contributed by atoms with van der Waals surface area (Å²) in [6.07, 6.45) is 1.02.